The second-order valence-corrected chi connectivity index (χ2v) is 5.82. The number of benzene rings is 1. The maximum absolute atomic E-state index is 12.8. The quantitative estimate of drug-likeness (QED) is 0.821. The molecule has 4 nitrogen and oxygen atoms in total. The van der Waals surface area contributed by atoms with Gasteiger partial charge in [-0.25, -0.2) is 0 Å². The van der Waals surface area contributed by atoms with Crippen molar-refractivity contribution in [2.24, 2.45) is 0 Å². The molecule has 1 fully saturated rings. The zero-order valence-electron chi connectivity index (χ0n) is 13.8. The van der Waals surface area contributed by atoms with Crippen molar-refractivity contribution in [2.45, 2.75) is 13.1 Å². The maximum atomic E-state index is 12.8. The molecular formula is C16H23ClF3N3O. The molecule has 0 aliphatic carbocycles. The fourth-order valence-corrected chi connectivity index (χ4v) is 2.56. The number of carbonyl (C=O) groups is 1. The number of alkyl halides is 3. The molecule has 0 unspecified atom stereocenters. The van der Waals surface area contributed by atoms with Crippen molar-refractivity contribution < 1.29 is 18.0 Å². The highest BCUT2D eigenvalue weighted by Gasteiger charge is 2.31. The Morgan fingerprint density at radius 2 is 1.83 bits per heavy atom. The summed E-state index contributed by atoms with van der Waals surface area (Å²) in [6.45, 7) is 5.91. The molecule has 136 valence electrons. The summed E-state index contributed by atoms with van der Waals surface area (Å²) in [4.78, 5) is 17.0. The smallest absolute Gasteiger partial charge is 0.369 e. The van der Waals surface area contributed by atoms with Crippen LogP contribution in [-0.4, -0.2) is 62.0 Å². The number of likely N-dealkylation sites (N-methyl/N-ethyl adjacent to an activating group) is 1. The summed E-state index contributed by atoms with van der Waals surface area (Å²) < 4.78 is 38.3. The highest BCUT2D eigenvalue weighted by molar-refractivity contribution is 5.85. The summed E-state index contributed by atoms with van der Waals surface area (Å²) in [5.41, 5.74) is 0.000779. The van der Waals surface area contributed by atoms with E-state index in [1.165, 1.54) is 19.1 Å². The van der Waals surface area contributed by atoms with Gasteiger partial charge in [0.2, 0.25) is 5.91 Å². The lowest BCUT2D eigenvalue weighted by molar-refractivity contribution is -0.137. The summed E-state index contributed by atoms with van der Waals surface area (Å²) in [7, 11) is 1.77. The van der Waals surface area contributed by atoms with Gasteiger partial charge in [-0.2, -0.15) is 13.2 Å². The van der Waals surface area contributed by atoms with Gasteiger partial charge in [-0.3, -0.25) is 9.69 Å². The summed E-state index contributed by atoms with van der Waals surface area (Å²) >= 11 is 0. The van der Waals surface area contributed by atoms with E-state index >= 15 is 0 Å². The van der Waals surface area contributed by atoms with Crippen molar-refractivity contribution in [2.75, 3.05) is 51.2 Å². The summed E-state index contributed by atoms with van der Waals surface area (Å²) in [5, 5.41) is 0. The third-order valence-electron chi connectivity index (χ3n) is 4.20. The van der Waals surface area contributed by atoms with Gasteiger partial charge >= 0.3 is 6.18 Å². The van der Waals surface area contributed by atoms with E-state index in [0.717, 1.165) is 25.7 Å². The number of nitrogens with zero attached hydrogens (tertiary/aromatic N) is 3. The van der Waals surface area contributed by atoms with Crippen LogP contribution in [0.15, 0.2) is 24.3 Å². The molecule has 0 radical (unpaired) electrons. The molecule has 0 bridgehead atoms. The van der Waals surface area contributed by atoms with Crippen molar-refractivity contribution in [3.05, 3.63) is 29.8 Å². The van der Waals surface area contributed by atoms with E-state index < -0.39 is 11.7 Å². The van der Waals surface area contributed by atoms with Gasteiger partial charge in [0.1, 0.15) is 0 Å². The average molecular weight is 366 g/mol. The number of hydrogen-bond donors (Lipinski definition) is 0. The largest absolute Gasteiger partial charge is 0.416 e. The number of anilines is 1. The normalized spacial score (nSPS) is 15.8. The zero-order valence-corrected chi connectivity index (χ0v) is 14.7. The number of rotatable bonds is 4. The number of hydrogen-bond acceptors (Lipinski definition) is 3. The van der Waals surface area contributed by atoms with E-state index in [0.29, 0.717) is 25.3 Å². The zero-order chi connectivity index (χ0) is 17.0. The molecule has 1 aliphatic heterocycles. The van der Waals surface area contributed by atoms with E-state index in [-0.39, 0.29) is 18.3 Å². The highest BCUT2D eigenvalue weighted by atomic mass is 35.5. The monoisotopic (exact) mass is 365 g/mol. The minimum atomic E-state index is -4.31. The number of piperazine rings is 1. The minimum absolute atomic E-state index is 0. The molecule has 0 spiro atoms. The van der Waals surface area contributed by atoms with Gasteiger partial charge in [-0.05, 0) is 18.2 Å². The topological polar surface area (TPSA) is 26.8 Å². The van der Waals surface area contributed by atoms with E-state index in [2.05, 4.69) is 4.90 Å². The summed E-state index contributed by atoms with van der Waals surface area (Å²) in [6.07, 6.45) is -4.31. The van der Waals surface area contributed by atoms with Crippen molar-refractivity contribution in [3.63, 3.8) is 0 Å². The first-order valence-corrected chi connectivity index (χ1v) is 7.63. The first kappa shape index (κ1) is 20.6. The van der Waals surface area contributed by atoms with Gasteiger partial charge in [0.05, 0.1) is 5.56 Å². The van der Waals surface area contributed by atoms with Gasteiger partial charge in [-0.1, -0.05) is 6.07 Å². The van der Waals surface area contributed by atoms with Crippen LogP contribution in [0.25, 0.3) is 0 Å². The molecule has 1 aromatic rings. The molecule has 1 amide bonds. The fourth-order valence-electron chi connectivity index (χ4n) is 2.56. The van der Waals surface area contributed by atoms with Crippen LogP contribution >= 0.6 is 12.4 Å². The van der Waals surface area contributed by atoms with Crippen molar-refractivity contribution in [3.8, 4) is 0 Å². The number of halogens is 4. The Hall–Kier alpha value is -1.47. The Labute approximate surface area is 146 Å². The predicted molar refractivity (Wildman–Crippen MR) is 90.7 cm³/mol. The lowest BCUT2D eigenvalue weighted by Gasteiger charge is -2.36. The predicted octanol–water partition coefficient (Wildman–Crippen LogP) is 2.73. The highest BCUT2D eigenvalue weighted by Crippen LogP contribution is 2.31. The van der Waals surface area contributed by atoms with Crippen LogP contribution in [0, 0.1) is 0 Å². The van der Waals surface area contributed by atoms with Gasteiger partial charge in [0, 0.05) is 58.9 Å². The van der Waals surface area contributed by atoms with Gasteiger partial charge in [0.15, 0.2) is 0 Å². The van der Waals surface area contributed by atoms with Crippen LogP contribution in [-0.2, 0) is 11.0 Å². The SMILES string of the molecule is CC(=O)N(C)CCN1CCN(c2cccc(C(F)(F)F)c2)CC1.Cl. The van der Waals surface area contributed by atoms with E-state index in [1.807, 2.05) is 4.90 Å². The number of amides is 1. The van der Waals surface area contributed by atoms with Gasteiger partial charge in [-0.15, -0.1) is 12.4 Å². The molecule has 0 aromatic heterocycles. The van der Waals surface area contributed by atoms with Crippen molar-refractivity contribution in [1.82, 2.24) is 9.80 Å². The minimum Gasteiger partial charge on any atom is -0.369 e. The van der Waals surface area contributed by atoms with Gasteiger partial charge in [0.25, 0.3) is 0 Å². The Kier molecular flexibility index (Phi) is 7.35. The van der Waals surface area contributed by atoms with Crippen LogP contribution in [0.1, 0.15) is 12.5 Å². The standard InChI is InChI=1S/C16H22F3N3O.ClH/c1-13(23)20(2)6-7-21-8-10-22(11-9-21)15-5-3-4-14(12-15)16(17,18)19;/h3-5,12H,6-11H2,1-2H3;1H. The third-order valence-corrected chi connectivity index (χ3v) is 4.20. The van der Waals surface area contributed by atoms with Crippen LogP contribution < -0.4 is 4.90 Å². The summed E-state index contributed by atoms with van der Waals surface area (Å²) in [6, 6.07) is 5.47. The van der Waals surface area contributed by atoms with Crippen molar-refractivity contribution >= 4 is 24.0 Å². The molecule has 1 heterocycles. The number of carbonyl (C=O) groups excluding carboxylic acids is 1. The lowest BCUT2D eigenvalue weighted by Crippen LogP contribution is -2.48. The Morgan fingerprint density at radius 1 is 1.21 bits per heavy atom. The van der Waals surface area contributed by atoms with Crippen molar-refractivity contribution in [1.29, 1.82) is 0 Å². The molecule has 1 aromatic carbocycles. The Balaban J connectivity index is 0.00000288. The molecule has 8 heteroatoms. The van der Waals surface area contributed by atoms with E-state index in [4.69, 9.17) is 0 Å². The molecule has 1 saturated heterocycles. The molecule has 2 rings (SSSR count). The first-order chi connectivity index (χ1) is 10.8. The van der Waals surface area contributed by atoms with Crippen LogP contribution in [0.3, 0.4) is 0 Å². The third kappa shape index (κ3) is 5.56. The van der Waals surface area contributed by atoms with Crippen LogP contribution in [0.4, 0.5) is 18.9 Å². The van der Waals surface area contributed by atoms with Gasteiger partial charge < -0.3 is 9.80 Å². The molecular weight excluding hydrogens is 343 g/mol. The second-order valence-electron chi connectivity index (χ2n) is 5.82. The lowest BCUT2D eigenvalue weighted by atomic mass is 10.1. The first-order valence-electron chi connectivity index (χ1n) is 7.63. The Morgan fingerprint density at radius 3 is 2.38 bits per heavy atom. The van der Waals surface area contributed by atoms with E-state index in [1.54, 1.807) is 18.0 Å². The summed E-state index contributed by atoms with van der Waals surface area (Å²) in [5.74, 6) is 0.0348. The fraction of sp³-hybridized carbons (Fsp3) is 0.562. The van der Waals surface area contributed by atoms with Crippen LogP contribution in [0.5, 0.6) is 0 Å². The average Bonchev–Trinajstić information content (AvgIpc) is 2.52. The molecule has 1 aliphatic rings. The maximum Gasteiger partial charge on any atom is 0.416 e. The second kappa shape index (κ2) is 8.58. The van der Waals surface area contributed by atoms with Crippen LogP contribution in [0.2, 0.25) is 0 Å². The van der Waals surface area contributed by atoms with E-state index in [9.17, 15) is 18.0 Å². The molecule has 0 N–H and O–H groups in total. The molecule has 0 atom stereocenters. The molecule has 0 saturated carbocycles. The Bertz CT molecular complexity index is 546. The molecule has 24 heavy (non-hydrogen) atoms.